The Labute approximate surface area is 177 Å². The van der Waals surface area contributed by atoms with Gasteiger partial charge in [0.1, 0.15) is 12.4 Å². The Hall–Kier alpha value is -2.78. The van der Waals surface area contributed by atoms with Crippen LogP contribution in [-0.2, 0) is 12.0 Å². The van der Waals surface area contributed by atoms with Crippen molar-refractivity contribution in [2.75, 3.05) is 5.32 Å². The molecule has 3 aromatic rings. The number of aryl methyl sites for hydroxylation is 1. The standard InChI is InChI=1S/C25H26ClNO2/c1-17-5-12-21(15-23(17)26)27-24(28)19-8-6-18(7-9-19)16-29-22-13-10-20(11-14-22)25(2,3)4/h5-15H,16H2,1-4H3,(H,27,28). The topological polar surface area (TPSA) is 38.3 Å². The van der Waals surface area contributed by atoms with E-state index in [2.05, 4.69) is 38.2 Å². The van der Waals surface area contributed by atoms with Crippen LogP contribution in [0.5, 0.6) is 5.75 Å². The molecule has 0 aliphatic rings. The number of carbonyl (C=O) groups excluding carboxylic acids is 1. The zero-order valence-electron chi connectivity index (χ0n) is 17.3. The molecule has 150 valence electrons. The van der Waals surface area contributed by atoms with Crippen LogP contribution in [0.2, 0.25) is 5.02 Å². The fourth-order valence-corrected chi connectivity index (χ4v) is 3.02. The van der Waals surface area contributed by atoms with Gasteiger partial charge in [-0.05, 0) is 65.4 Å². The van der Waals surface area contributed by atoms with E-state index in [0.717, 1.165) is 16.9 Å². The molecule has 0 aliphatic heterocycles. The second kappa shape index (κ2) is 8.71. The van der Waals surface area contributed by atoms with E-state index in [-0.39, 0.29) is 11.3 Å². The molecule has 0 fully saturated rings. The van der Waals surface area contributed by atoms with Gasteiger partial charge in [-0.1, -0.05) is 62.7 Å². The van der Waals surface area contributed by atoms with Gasteiger partial charge in [0.25, 0.3) is 5.91 Å². The highest BCUT2D eigenvalue weighted by Gasteiger charge is 2.13. The summed E-state index contributed by atoms with van der Waals surface area (Å²) < 4.78 is 5.86. The van der Waals surface area contributed by atoms with Gasteiger partial charge in [0.15, 0.2) is 0 Å². The summed E-state index contributed by atoms with van der Waals surface area (Å²) in [5.74, 6) is 0.659. The number of amides is 1. The summed E-state index contributed by atoms with van der Waals surface area (Å²) in [6, 6.07) is 21.1. The van der Waals surface area contributed by atoms with Crippen LogP contribution in [-0.4, -0.2) is 5.91 Å². The van der Waals surface area contributed by atoms with Gasteiger partial charge in [-0.15, -0.1) is 0 Å². The van der Waals surface area contributed by atoms with Crippen molar-refractivity contribution < 1.29 is 9.53 Å². The molecule has 3 aromatic carbocycles. The van der Waals surface area contributed by atoms with E-state index in [9.17, 15) is 4.79 Å². The van der Waals surface area contributed by atoms with Crippen LogP contribution in [0.25, 0.3) is 0 Å². The molecule has 0 radical (unpaired) electrons. The van der Waals surface area contributed by atoms with Crippen LogP contribution >= 0.6 is 11.6 Å². The average molecular weight is 408 g/mol. The third kappa shape index (κ3) is 5.61. The van der Waals surface area contributed by atoms with Crippen LogP contribution in [0.4, 0.5) is 5.69 Å². The Morgan fingerprint density at radius 3 is 2.21 bits per heavy atom. The SMILES string of the molecule is Cc1ccc(NC(=O)c2ccc(COc3ccc(C(C)(C)C)cc3)cc2)cc1Cl. The summed E-state index contributed by atoms with van der Waals surface area (Å²) in [5, 5.41) is 3.50. The lowest BCUT2D eigenvalue weighted by Gasteiger charge is -2.19. The summed E-state index contributed by atoms with van der Waals surface area (Å²) >= 11 is 6.11. The van der Waals surface area contributed by atoms with E-state index < -0.39 is 0 Å². The van der Waals surface area contributed by atoms with Crippen molar-refractivity contribution in [2.24, 2.45) is 0 Å². The molecule has 0 aliphatic carbocycles. The summed E-state index contributed by atoms with van der Waals surface area (Å²) in [5.41, 5.74) is 4.63. The first-order valence-electron chi connectivity index (χ1n) is 9.62. The summed E-state index contributed by atoms with van der Waals surface area (Å²) in [7, 11) is 0. The lowest BCUT2D eigenvalue weighted by atomic mass is 9.87. The molecule has 0 saturated heterocycles. The highest BCUT2D eigenvalue weighted by Crippen LogP contribution is 2.25. The van der Waals surface area contributed by atoms with Crippen molar-refractivity contribution in [3.05, 3.63) is 94.0 Å². The number of anilines is 1. The molecule has 0 bridgehead atoms. The van der Waals surface area contributed by atoms with Crippen LogP contribution in [0, 0.1) is 6.92 Å². The Morgan fingerprint density at radius 2 is 1.62 bits per heavy atom. The molecule has 3 rings (SSSR count). The molecule has 0 aromatic heterocycles. The van der Waals surface area contributed by atoms with Crippen LogP contribution in [0.3, 0.4) is 0 Å². The second-order valence-corrected chi connectivity index (χ2v) is 8.59. The zero-order chi connectivity index (χ0) is 21.0. The van der Waals surface area contributed by atoms with Gasteiger partial charge in [0.2, 0.25) is 0 Å². The molecule has 0 spiro atoms. The van der Waals surface area contributed by atoms with Gasteiger partial charge in [-0.3, -0.25) is 4.79 Å². The minimum Gasteiger partial charge on any atom is -0.489 e. The largest absolute Gasteiger partial charge is 0.489 e. The quantitative estimate of drug-likeness (QED) is 0.506. The molecule has 0 unspecified atom stereocenters. The fourth-order valence-electron chi connectivity index (χ4n) is 2.84. The average Bonchev–Trinajstić information content (AvgIpc) is 2.69. The predicted molar refractivity (Wildman–Crippen MR) is 120 cm³/mol. The van der Waals surface area contributed by atoms with Gasteiger partial charge < -0.3 is 10.1 Å². The van der Waals surface area contributed by atoms with Gasteiger partial charge in [0, 0.05) is 16.3 Å². The van der Waals surface area contributed by atoms with Gasteiger partial charge in [0.05, 0.1) is 0 Å². The molecule has 0 saturated carbocycles. The Bertz CT molecular complexity index is 987. The Balaban J connectivity index is 1.58. The van der Waals surface area contributed by atoms with Crippen LogP contribution in [0.1, 0.15) is 47.8 Å². The summed E-state index contributed by atoms with van der Waals surface area (Å²) in [6.07, 6.45) is 0. The van der Waals surface area contributed by atoms with E-state index >= 15 is 0 Å². The number of nitrogens with one attached hydrogen (secondary N) is 1. The first kappa shape index (κ1) is 20.9. The Kier molecular flexibility index (Phi) is 6.29. The van der Waals surface area contributed by atoms with Gasteiger partial charge in [-0.2, -0.15) is 0 Å². The summed E-state index contributed by atoms with van der Waals surface area (Å²) in [6.45, 7) is 8.94. The second-order valence-electron chi connectivity index (χ2n) is 8.18. The normalized spacial score (nSPS) is 11.2. The van der Waals surface area contributed by atoms with Crippen molar-refractivity contribution >= 4 is 23.2 Å². The van der Waals surface area contributed by atoms with E-state index in [1.807, 2.05) is 43.3 Å². The first-order valence-corrected chi connectivity index (χ1v) is 10.00. The lowest BCUT2D eigenvalue weighted by Crippen LogP contribution is -2.12. The van der Waals surface area contributed by atoms with E-state index in [1.165, 1.54) is 5.56 Å². The molecular weight excluding hydrogens is 382 g/mol. The third-order valence-corrected chi connectivity index (χ3v) is 5.18. The molecule has 4 heteroatoms. The van der Waals surface area contributed by atoms with Gasteiger partial charge in [-0.25, -0.2) is 0 Å². The van der Waals surface area contributed by atoms with Crippen molar-refractivity contribution in [3.8, 4) is 5.75 Å². The molecule has 29 heavy (non-hydrogen) atoms. The van der Waals surface area contributed by atoms with Crippen molar-refractivity contribution in [1.29, 1.82) is 0 Å². The van der Waals surface area contributed by atoms with E-state index in [1.54, 1.807) is 18.2 Å². The number of rotatable bonds is 5. The maximum Gasteiger partial charge on any atom is 0.255 e. The Morgan fingerprint density at radius 1 is 0.966 bits per heavy atom. The molecule has 0 heterocycles. The zero-order valence-corrected chi connectivity index (χ0v) is 18.0. The highest BCUT2D eigenvalue weighted by molar-refractivity contribution is 6.31. The lowest BCUT2D eigenvalue weighted by molar-refractivity contribution is 0.102. The summed E-state index contributed by atoms with van der Waals surface area (Å²) in [4.78, 5) is 12.4. The minimum absolute atomic E-state index is 0.124. The number of hydrogen-bond acceptors (Lipinski definition) is 2. The van der Waals surface area contributed by atoms with Crippen LogP contribution < -0.4 is 10.1 Å². The minimum atomic E-state index is -0.171. The predicted octanol–water partition coefficient (Wildman–Crippen LogP) is 6.78. The maximum absolute atomic E-state index is 12.4. The number of ether oxygens (including phenoxy) is 1. The monoisotopic (exact) mass is 407 g/mol. The molecule has 0 atom stereocenters. The number of benzene rings is 3. The third-order valence-electron chi connectivity index (χ3n) is 4.77. The number of carbonyl (C=O) groups is 1. The van der Waals surface area contributed by atoms with E-state index in [0.29, 0.717) is 22.9 Å². The van der Waals surface area contributed by atoms with Gasteiger partial charge >= 0.3 is 0 Å². The fraction of sp³-hybridized carbons (Fsp3) is 0.240. The highest BCUT2D eigenvalue weighted by atomic mass is 35.5. The maximum atomic E-state index is 12.4. The van der Waals surface area contributed by atoms with Crippen LogP contribution in [0.15, 0.2) is 66.7 Å². The number of halogens is 1. The van der Waals surface area contributed by atoms with Crippen molar-refractivity contribution in [1.82, 2.24) is 0 Å². The molecule has 1 amide bonds. The number of hydrogen-bond donors (Lipinski definition) is 1. The first-order chi connectivity index (χ1) is 13.7. The molecule has 1 N–H and O–H groups in total. The molecular formula is C25H26ClNO2. The molecule has 3 nitrogen and oxygen atoms in total. The van der Waals surface area contributed by atoms with Crippen molar-refractivity contribution in [3.63, 3.8) is 0 Å². The smallest absolute Gasteiger partial charge is 0.255 e. The van der Waals surface area contributed by atoms with Crippen molar-refractivity contribution in [2.45, 2.75) is 39.7 Å². The van der Waals surface area contributed by atoms with E-state index in [4.69, 9.17) is 16.3 Å².